The number of amides is 1. The van der Waals surface area contributed by atoms with Crippen LogP contribution in [0.5, 0.6) is 0 Å². The van der Waals surface area contributed by atoms with E-state index < -0.39 is 11.9 Å². The molecule has 1 aliphatic heterocycles. The normalized spacial score (nSPS) is 19.3. The minimum absolute atomic E-state index is 0.162. The number of carbonyl (C=O) groups excluding carboxylic acids is 1. The summed E-state index contributed by atoms with van der Waals surface area (Å²) in [5.74, 6) is 0.0747. The Hall–Kier alpha value is -3.50. The average Bonchev–Trinajstić information content (AvgIpc) is 3.29. The van der Waals surface area contributed by atoms with Gasteiger partial charge in [0, 0.05) is 18.6 Å². The largest absolute Gasteiger partial charge is 0.435 e. The number of benzene rings is 1. The second-order valence-corrected chi connectivity index (χ2v) is 7.27. The Labute approximate surface area is 176 Å². The van der Waals surface area contributed by atoms with Crippen molar-refractivity contribution in [1.29, 1.82) is 0 Å². The number of piperidine rings is 1. The van der Waals surface area contributed by atoms with E-state index in [2.05, 4.69) is 25.7 Å². The Morgan fingerprint density at radius 3 is 2.52 bits per heavy atom. The van der Waals surface area contributed by atoms with Crippen molar-refractivity contribution in [2.45, 2.75) is 38.0 Å². The summed E-state index contributed by atoms with van der Waals surface area (Å²) < 4.78 is 38.1. The van der Waals surface area contributed by atoms with Crippen molar-refractivity contribution in [1.82, 2.24) is 30.1 Å². The number of para-hydroxylation sites is 1. The minimum Gasteiger partial charge on any atom is -0.364 e. The van der Waals surface area contributed by atoms with Crippen LogP contribution in [0.4, 0.5) is 19.0 Å². The fourth-order valence-electron chi connectivity index (χ4n) is 3.70. The molecule has 2 aromatic heterocycles. The zero-order chi connectivity index (χ0) is 22.0. The van der Waals surface area contributed by atoms with Crippen LogP contribution in [0, 0.1) is 0 Å². The molecule has 1 saturated heterocycles. The summed E-state index contributed by atoms with van der Waals surface area (Å²) in [7, 11) is 0. The van der Waals surface area contributed by atoms with E-state index in [-0.39, 0.29) is 23.8 Å². The van der Waals surface area contributed by atoms with Gasteiger partial charge in [0.15, 0.2) is 5.69 Å². The zero-order valence-electron chi connectivity index (χ0n) is 16.6. The van der Waals surface area contributed by atoms with Crippen LogP contribution in [0.15, 0.2) is 48.8 Å². The van der Waals surface area contributed by atoms with Gasteiger partial charge in [-0.2, -0.15) is 28.2 Å². The standard InChI is InChI=1S/C20H20F3N7O/c1-13-15(26-18-9-8-17(27-28-18)20(21,22)23)6-4-12-29(13)19(31)14-5-2-3-7-16(14)30-24-10-11-25-30/h2-3,5,7-11,13,15H,4,6,12H2,1H3,(H,26,28)/t13-,15?/m0/s1. The van der Waals surface area contributed by atoms with Crippen LogP contribution in [0.2, 0.25) is 0 Å². The van der Waals surface area contributed by atoms with Crippen LogP contribution in [0.1, 0.15) is 35.8 Å². The third-order valence-corrected chi connectivity index (χ3v) is 5.31. The third-order valence-electron chi connectivity index (χ3n) is 5.31. The molecule has 0 saturated carbocycles. The lowest BCUT2D eigenvalue weighted by Crippen LogP contribution is -2.52. The number of likely N-dealkylation sites (tertiary alicyclic amines) is 1. The third kappa shape index (κ3) is 4.35. The molecule has 1 aliphatic rings. The summed E-state index contributed by atoms with van der Waals surface area (Å²) >= 11 is 0. The predicted octanol–water partition coefficient (Wildman–Crippen LogP) is 3.18. The summed E-state index contributed by atoms with van der Waals surface area (Å²) in [6.45, 7) is 2.47. The van der Waals surface area contributed by atoms with Gasteiger partial charge in [-0.1, -0.05) is 12.1 Å². The first-order chi connectivity index (χ1) is 14.8. The molecule has 4 rings (SSSR count). The highest BCUT2D eigenvalue weighted by Crippen LogP contribution is 2.28. The molecule has 1 amide bonds. The molecule has 8 nitrogen and oxygen atoms in total. The lowest BCUT2D eigenvalue weighted by atomic mass is 9.96. The van der Waals surface area contributed by atoms with E-state index in [1.807, 2.05) is 13.0 Å². The molecule has 0 aliphatic carbocycles. The highest BCUT2D eigenvalue weighted by atomic mass is 19.4. The summed E-state index contributed by atoms with van der Waals surface area (Å²) in [5, 5.41) is 18.2. The molecule has 1 fully saturated rings. The number of hydrogen-bond acceptors (Lipinski definition) is 6. The van der Waals surface area contributed by atoms with Crippen molar-refractivity contribution in [3.05, 3.63) is 60.0 Å². The van der Waals surface area contributed by atoms with Gasteiger partial charge in [-0.05, 0) is 44.0 Å². The van der Waals surface area contributed by atoms with E-state index in [9.17, 15) is 18.0 Å². The van der Waals surface area contributed by atoms with E-state index in [0.717, 1.165) is 18.9 Å². The van der Waals surface area contributed by atoms with E-state index in [1.54, 1.807) is 23.1 Å². The minimum atomic E-state index is -4.54. The van der Waals surface area contributed by atoms with Gasteiger partial charge in [0.2, 0.25) is 0 Å². The maximum atomic E-state index is 13.4. The number of aromatic nitrogens is 5. The van der Waals surface area contributed by atoms with Gasteiger partial charge in [-0.25, -0.2) is 0 Å². The molecule has 2 atom stereocenters. The smallest absolute Gasteiger partial charge is 0.364 e. The fraction of sp³-hybridized carbons (Fsp3) is 0.350. The van der Waals surface area contributed by atoms with Crippen molar-refractivity contribution >= 4 is 11.7 Å². The van der Waals surface area contributed by atoms with Crippen LogP contribution in [0.3, 0.4) is 0 Å². The molecule has 31 heavy (non-hydrogen) atoms. The first-order valence-electron chi connectivity index (χ1n) is 9.79. The number of rotatable bonds is 4. The summed E-state index contributed by atoms with van der Waals surface area (Å²) in [6.07, 6.45) is 0.0232. The molecule has 0 spiro atoms. The van der Waals surface area contributed by atoms with Gasteiger partial charge in [0.1, 0.15) is 5.82 Å². The number of anilines is 1. The summed E-state index contributed by atoms with van der Waals surface area (Å²) in [6, 6.07) is 8.83. The van der Waals surface area contributed by atoms with E-state index in [4.69, 9.17) is 0 Å². The monoisotopic (exact) mass is 431 g/mol. The quantitative estimate of drug-likeness (QED) is 0.683. The molecular formula is C20H20F3N7O. The van der Waals surface area contributed by atoms with Gasteiger partial charge in [0.05, 0.1) is 23.6 Å². The Balaban J connectivity index is 1.52. The van der Waals surface area contributed by atoms with Crippen molar-refractivity contribution in [3.8, 4) is 5.69 Å². The van der Waals surface area contributed by atoms with Gasteiger partial charge >= 0.3 is 6.18 Å². The zero-order valence-corrected chi connectivity index (χ0v) is 16.6. The Morgan fingerprint density at radius 2 is 1.84 bits per heavy atom. The fourth-order valence-corrected chi connectivity index (χ4v) is 3.70. The van der Waals surface area contributed by atoms with Gasteiger partial charge < -0.3 is 10.2 Å². The molecule has 3 heterocycles. The SMILES string of the molecule is C[C@H]1C(Nc2ccc(C(F)(F)F)nn2)CCCN1C(=O)c1ccccc1-n1nccn1. The number of halogens is 3. The van der Waals surface area contributed by atoms with Crippen LogP contribution in [0.25, 0.3) is 5.69 Å². The predicted molar refractivity (Wildman–Crippen MR) is 106 cm³/mol. The Morgan fingerprint density at radius 1 is 1.10 bits per heavy atom. The highest BCUT2D eigenvalue weighted by Gasteiger charge is 2.34. The van der Waals surface area contributed by atoms with Gasteiger partial charge in [0.25, 0.3) is 5.91 Å². The van der Waals surface area contributed by atoms with E-state index >= 15 is 0 Å². The van der Waals surface area contributed by atoms with Crippen molar-refractivity contribution in [2.24, 2.45) is 0 Å². The van der Waals surface area contributed by atoms with Crippen molar-refractivity contribution in [2.75, 3.05) is 11.9 Å². The molecule has 1 aromatic carbocycles. The number of hydrogen-bond donors (Lipinski definition) is 1. The second kappa shape index (κ2) is 8.32. The average molecular weight is 431 g/mol. The van der Waals surface area contributed by atoms with Crippen molar-refractivity contribution < 1.29 is 18.0 Å². The number of nitrogens with one attached hydrogen (secondary N) is 1. The van der Waals surface area contributed by atoms with Crippen molar-refractivity contribution in [3.63, 3.8) is 0 Å². The molecule has 0 bridgehead atoms. The molecule has 1 unspecified atom stereocenters. The molecule has 0 radical (unpaired) electrons. The molecule has 11 heteroatoms. The first-order valence-corrected chi connectivity index (χ1v) is 9.79. The molecule has 162 valence electrons. The first kappa shape index (κ1) is 20.8. The number of alkyl halides is 3. The maximum absolute atomic E-state index is 13.4. The lowest BCUT2D eigenvalue weighted by molar-refractivity contribution is -0.141. The molecule has 3 aromatic rings. The van der Waals surface area contributed by atoms with Crippen LogP contribution in [-0.4, -0.2) is 54.6 Å². The number of nitrogens with zero attached hydrogens (tertiary/aromatic N) is 6. The molecule has 1 N–H and O–H groups in total. The topological polar surface area (TPSA) is 88.8 Å². The highest BCUT2D eigenvalue weighted by molar-refractivity contribution is 5.98. The van der Waals surface area contributed by atoms with Crippen LogP contribution >= 0.6 is 0 Å². The van der Waals surface area contributed by atoms with E-state index in [1.165, 1.54) is 23.3 Å². The second-order valence-electron chi connectivity index (χ2n) is 7.27. The summed E-state index contributed by atoms with van der Waals surface area (Å²) in [4.78, 5) is 16.5. The van der Waals surface area contributed by atoms with Gasteiger partial charge in [-0.15, -0.1) is 10.2 Å². The Bertz CT molecular complexity index is 1040. The molecular weight excluding hydrogens is 411 g/mol. The Kier molecular flexibility index (Phi) is 5.57. The lowest BCUT2D eigenvalue weighted by Gasteiger charge is -2.40. The van der Waals surface area contributed by atoms with Crippen LogP contribution < -0.4 is 5.32 Å². The van der Waals surface area contributed by atoms with Gasteiger partial charge in [-0.3, -0.25) is 4.79 Å². The van der Waals surface area contributed by atoms with E-state index in [0.29, 0.717) is 17.8 Å². The number of carbonyl (C=O) groups is 1. The van der Waals surface area contributed by atoms with Crippen LogP contribution in [-0.2, 0) is 6.18 Å². The maximum Gasteiger partial charge on any atom is 0.435 e. The summed E-state index contributed by atoms with van der Waals surface area (Å²) in [5.41, 5.74) is 0.00398.